The van der Waals surface area contributed by atoms with E-state index in [1.165, 1.54) is 0 Å². The first-order valence-corrected chi connectivity index (χ1v) is 11.6. The van der Waals surface area contributed by atoms with Crippen LogP contribution in [0.5, 0.6) is 0 Å². The third kappa shape index (κ3) is 3.56. The molecule has 0 saturated heterocycles. The number of rotatable bonds is 3. The fourth-order valence-electron chi connectivity index (χ4n) is 4.77. The van der Waals surface area contributed by atoms with Crippen LogP contribution in [0.2, 0.25) is 0 Å². The van der Waals surface area contributed by atoms with E-state index < -0.39 is 11.8 Å². The van der Waals surface area contributed by atoms with Gasteiger partial charge in [0.2, 0.25) is 0 Å². The number of pyridine rings is 1. The normalized spacial score (nSPS) is 13.4. The van der Waals surface area contributed by atoms with Crippen LogP contribution in [0, 0.1) is 5.41 Å². The number of aromatic nitrogens is 1. The lowest BCUT2D eigenvalue weighted by Crippen LogP contribution is -2.09. The van der Waals surface area contributed by atoms with Gasteiger partial charge in [-0.2, -0.15) is 0 Å². The van der Waals surface area contributed by atoms with E-state index in [0.29, 0.717) is 11.3 Å². The predicted octanol–water partition coefficient (Wildman–Crippen LogP) is 9.06. The van der Waals surface area contributed by atoms with Crippen LogP contribution in [-0.2, 0) is 6.37 Å². The Morgan fingerprint density at radius 3 is 2.35 bits per heavy atom. The number of para-hydroxylation sites is 1. The summed E-state index contributed by atoms with van der Waals surface area (Å²) in [6, 6.07) is 30.7. The lowest BCUT2D eigenvalue weighted by atomic mass is 9.88. The second kappa shape index (κ2) is 7.85. The highest BCUT2D eigenvalue weighted by Gasteiger charge is 2.19. The first-order chi connectivity index (χ1) is 17.3. The van der Waals surface area contributed by atoms with Gasteiger partial charge in [0, 0.05) is 30.7 Å². The molecule has 0 atom stereocenters. The fraction of sp³-hybridized carbons (Fsp3) is 0.156. The second-order valence-electron chi connectivity index (χ2n) is 9.80. The van der Waals surface area contributed by atoms with E-state index in [9.17, 15) is 0 Å². The Morgan fingerprint density at radius 1 is 0.765 bits per heavy atom. The molecule has 2 heterocycles. The summed E-state index contributed by atoms with van der Waals surface area (Å²) in [4.78, 5) is 4.64. The largest absolute Gasteiger partial charge is 0.455 e. The molecule has 0 aliphatic rings. The van der Waals surface area contributed by atoms with Gasteiger partial charge in [-0.25, -0.2) is 0 Å². The van der Waals surface area contributed by atoms with Crippen LogP contribution in [0.25, 0.3) is 55.1 Å². The molecule has 2 aromatic heterocycles. The summed E-state index contributed by atoms with van der Waals surface area (Å²) < 4.78 is 24.2. The van der Waals surface area contributed by atoms with Gasteiger partial charge in [0.25, 0.3) is 0 Å². The molecule has 4 aromatic carbocycles. The highest BCUT2D eigenvalue weighted by atomic mass is 16.3. The molecule has 0 aliphatic carbocycles. The fourth-order valence-corrected chi connectivity index (χ4v) is 4.77. The van der Waals surface area contributed by atoms with Gasteiger partial charge < -0.3 is 4.42 Å². The third-order valence-corrected chi connectivity index (χ3v) is 6.13. The van der Waals surface area contributed by atoms with Gasteiger partial charge in [-0.1, -0.05) is 87.5 Å². The molecule has 6 rings (SSSR count). The Kier molecular flexibility index (Phi) is 4.27. The Hall–Kier alpha value is -3.91. The molecule has 0 spiro atoms. The van der Waals surface area contributed by atoms with Crippen molar-refractivity contribution >= 4 is 32.7 Å². The van der Waals surface area contributed by atoms with Gasteiger partial charge in [0.15, 0.2) is 0 Å². The average Bonchev–Trinajstić information content (AvgIpc) is 3.28. The minimum Gasteiger partial charge on any atom is -0.455 e. The van der Waals surface area contributed by atoms with E-state index >= 15 is 0 Å². The van der Waals surface area contributed by atoms with Gasteiger partial charge in [-0.3, -0.25) is 4.98 Å². The Bertz CT molecular complexity index is 1740. The lowest BCUT2D eigenvalue weighted by molar-refractivity contribution is 0.411. The molecular formula is C32H27NO. The zero-order chi connectivity index (χ0) is 25.1. The summed E-state index contributed by atoms with van der Waals surface area (Å²) in [6.07, 6.45) is 0.184. The number of furan rings is 1. The van der Waals surface area contributed by atoms with Crippen molar-refractivity contribution in [2.45, 2.75) is 27.1 Å². The minimum atomic E-state index is -1.51. The number of hydrogen-bond donors (Lipinski definition) is 0. The van der Waals surface area contributed by atoms with Gasteiger partial charge >= 0.3 is 0 Å². The van der Waals surface area contributed by atoms with Gasteiger partial charge in [-0.05, 0) is 58.1 Å². The summed E-state index contributed by atoms with van der Waals surface area (Å²) in [6.45, 7) is 5.76. The van der Waals surface area contributed by atoms with E-state index in [1.54, 1.807) is 12.3 Å². The summed E-state index contributed by atoms with van der Waals surface area (Å²) in [5.41, 5.74) is 5.52. The minimum absolute atomic E-state index is 0.555. The van der Waals surface area contributed by atoms with Crippen LogP contribution in [-0.4, -0.2) is 4.98 Å². The van der Waals surface area contributed by atoms with Crippen molar-refractivity contribution < 1.29 is 7.16 Å². The Morgan fingerprint density at radius 2 is 1.53 bits per heavy atom. The topological polar surface area (TPSA) is 26.0 Å². The zero-order valence-electron chi connectivity index (χ0n) is 21.6. The van der Waals surface area contributed by atoms with Crippen LogP contribution < -0.4 is 0 Å². The number of benzene rings is 4. The molecule has 0 aliphatic heterocycles. The highest BCUT2D eigenvalue weighted by Crippen LogP contribution is 2.43. The SMILES string of the molecule is [2H]C([2H])(c1ccnc(-c2cccc3c2oc2c4ccccc4cc(-c4ccccc4)c32)c1)C(C)(C)C. The highest BCUT2D eigenvalue weighted by molar-refractivity contribution is 6.22. The van der Waals surface area contributed by atoms with Crippen molar-refractivity contribution in [3.63, 3.8) is 0 Å². The average molecular weight is 444 g/mol. The summed E-state index contributed by atoms with van der Waals surface area (Å²) in [5, 5.41) is 4.30. The second-order valence-corrected chi connectivity index (χ2v) is 9.80. The van der Waals surface area contributed by atoms with Crippen molar-refractivity contribution in [2.75, 3.05) is 0 Å². The molecule has 0 saturated carbocycles. The lowest BCUT2D eigenvalue weighted by Gasteiger charge is -2.18. The summed E-state index contributed by atoms with van der Waals surface area (Å²) in [5.74, 6) is 0. The van der Waals surface area contributed by atoms with Gasteiger partial charge in [0.1, 0.15) is 11.2 Å². The first kappa shape index (κ1) is 18.5. The van der Waals surface area contributed by atoms with Crippen LogP contribution in [0.15, 0.2) is 102 Å². The Balaban J connectivity index is 1.67. The molecule has 2 heteroatoms. The van der Waals surface area contributed by atoms with Crippen molar-refractivity contribution in [1.82, 2.24) is 4.98 Å². The monoisotopic (exact) mass is 443 g/mol. The molecule has 0 radical (unpaired) electrons. The number of hydrogen-bond acceptors (Lipinski definition) is 2. The van der Waals surface area contributed by atoms with Gasteiger partial charge in [-0.15, -0.1) is 0 Å². The van der Waals surface area contributed by atoms with E-state index in [1.807, 2.05) is 51.1 Å². The predicted molar refractivity (Wildman–Crippen MR) is 143 cm³/mol. The van der Waals surface area contributed by atoms with E-state index in [2.05, 4.69) is 59.6 Å². The zero-order valence-corrected chi connectivity index (χ0v) is 19.6. The van der Waals surface area contributed by atoms with Crippen LogP contribution in [0.1, 0.15) is 29.1 Å². The number of nitrogens with zero attached hydrogens (tertiary/aromatic N) is 1. The Labute approximate surface area is 202 Å². The molecular weight excluding hydrogens is 414 g/mol. The molecule has 0 unspecified atom stereocenters. The van der Waals surface area contributed by atoms with Crippen molar-refractivity contribution in [1.29, 1.82) is 0 Å². The quantitative estimate of drug-likeness (QED) is 0.273. The van der Waals surface area contributed by atoms with Crippen molar-refractivity contribution in [3.05, 3.63) is 103 Å². The van der Waals surface area contributed by atoms with Crippen molar-refractivity contribution in [3.8, 4) is 22.4 Å². The maximum absolute atomic E-state index is 8.76. The maximum atomic E-state index is 8.76. The summed E-state index contributed by atoms with van der Waals surface area (Å²) >= 11 is 0. The number of fused-ring (bicyclic) bond motifs is 5. The molecule has 2 nitrogen and oxygen atoms in total. The van der Waals surface area contributed by atoms with Gasteiger partial charge in [0.05, 0.1) is 5.69 Å². The standard InChI is InChI=1S/C32H27NO/c1-32(2,3)20-21-16-17-33-28(18-21)25-14-9-15-26-29-27(22-10-5-4-6-11-22)19-23-12-7-8-13-24(23)31(29)34-30(25)26/h4-19H,20H2,1-3H3/i20D2. The van der Waals surface area contributed by atoms with Crippen LogP contribution in [0.4, 0.5) is 0 Å². The maximum Gasteiger partial charge on any atom is 0.144 e. The smallest absolute Gasteiger partial charge is 0.144 e. The molecule has 0 amide bonds. The van der Waals surface area contributed by atoms with E-state index in [-0.39, 0.29) is 0 Å². The molecule has 6 aromatic rings. The first-order valence-electron chi connectivity index (χ1n) is 12.6. The van der Waals surface area contributed by atoms with E-state index in [0.717, 1.165) is 49.4 Å². The summed E-state index contributed by atoms with van der Waals surface area (Å²) in [7, 11) is 0. The molecule has 0 bridgehead atoms. The molecule has 34 heavy (non-hydrogen) atoms. The van der Waals surface area contributed by atoms with E-state index in [4.69, 9.17) is 7.16 Å². The molecule has 0 fully saturated rings. The molecule has 0 N–H and O–H groups in total. The van der Waals surface area contributed by atoms with Crippen molar-refractivity contribution in [2.24, 2.45) is 5.41 Å². The molecule has 166 valence electrons. The van der Waals surface area contributed by atoms with Crippen LogP contribution in [0.3, 0.4) is 0 Å². The van der Waals surface area contributed by atoms with Crippen LogP contribution >= 0.6 is 0 Å². The third-order valence-electron chi connectivity index (χ3n) is 6.13.